The summed E-state index contributed by atoms with van der Waals surface area (Å²) in [5.41, 5.74) is -0.757. The minimum absolute atomic E-state index is 0.105. The van der Waals surface area contributed by atoms with E-state index in [4.69, 9.17) is 5.11 Å². The molecule has 1 rings (SSSR count). The summed E-state index contributed by atoms with van der Waals surface area (Å²) >= 11 is 0. The zero-order valence-electron chi connectivity index (χ0n) is 7.17. The van der Waals surface area contributed by atoms with Crippen LogP contribution in [0.1, 0.15) is 5.56 Å². The average molecular weight is 206 g/mol. The lowest BCUT2D eigenvalue weighted by atomic mass is 10.2. The first kappa shape index (κ1) is 10.8. The van der Waals surface area contributed by atoms with Gasteiger partial charge in [-0.25, -0.2) is 4.98 Å². The van der Waals surface area contributed by atoms with Crippen molar-refractivity contribution in [3.05, 3.63) is 23.9 Å². The van der Waals surface area contributed by atoms with Crippen LogP contribution in [0.2, 0.25) is 0 Å². The number of pyridine rings is 1. The minimum atomic E-state index is -4.36. The molecule has 2 N–H and O–H groups in total. The molecule has 0 bridgehead atoms. The third kappa shape index (κ3) is 2.88. The maximum absolute atomic E-state index is 12.2. The molecular weight excluding hydrogens is 197 g/mol. The maximum Gasteiger partial charge on any atom is 0.416 e. The van der Waals surface area contributed by atoms with E-state index >= 15 is 0 Å². The van der Waals surface area contributed by atoms with Gasteiger partial charge in [-0.1, -0.05) is 0 Å². The average Bonchev–Trinajstić information content (AvgIpc) is 2.14. The largest absolute Gasteiger partial charge is 0.416 e. The number of hydrogen-bond acceptors (Lipinski definition) is 3. The first-order valence-electron chi connectivity index (χ1n) is 3.92. The molecule has 1 aromatic heterocycles. The van der Waals surface area contributed by atoms with Crippen LogP contribution in [-0.2, 0) is 6.18 Å². The van der Waals surface area contributed by atoms with Gasteiger partial charge in [0.25, 0.3) is 0 Å². The van der Waals surface area contributed by atoms with Gasteiger partial charge in [0.1, 0.15) is 5.82 Å². The lowest BCUT2D eigenvalue weighted by Gasteiger charge is -2.08. The molecule has 0 unspecified atom stereocenters. The standard InChI is InChI=1S/C8H9F3N2O/c9-8(10,11)6-1-2-12-7(5-6)13-3-4-14/h1-2,5,14H,3-4H2,(H,12,13). The van der Waals surface area contributed by atoms with Gasteiger partial charge in [-0.2, -0.15) is 13.2 Å². The third-order valence-electron chi connectivity index (χ3n) is 1.51. The van der Waals surface area contributed by atoms with Crippen LogP contribution in [0.25, 0.3) is 0 Å². The van der Waals surface area contributed by atoms with Gasteiger partial charge < -0.3 is 10.4 Å². The topological polar surface area (TPSA) is 45.1 Å². The van der Waals surface area contributed by atoms with E-state index in [0.717, 1.165) is 18.3 Å². The van der Waals surface area contributed by atoms with Crippen molar-refractivity contribution in [1.82, 2.24) is 4.98 Å². The molecule has 0 amide bonds. The highest BCUT2D eigenvalue weighted by atomic mass is 19.4. The molecule has 0 saturated carbocycles. The van der Waals surface area contributed by atoms with Crippen LogP contribution in [0, 0.1) is 0 Å². The predicted octanol–water partition coefficient (Wildman–Crippen LogP) is 1.50. The Balaban J connectivity index is 2.79. The Kier molecular flexibility index (Phi) is 3.29. The fourth-order valence-electron chi connectivity index (χ4n) is 0.888. The molecule has 14 heavy (non-hydrogen) atoms. The highest BCUT2D eigenvalue weighted by Crippen LogP contribution is 2.29. The third-order valence-corrected chi connectivity index (χ3v) is 1.51. The predicted molar refractivity (Wildman–Crippen MR) is 44.8 cm³/mol. The van der Waals surface area contributed by atoms with Gasteiger partial charge >= 0.3 is 6.18 Å². The number of halogens is 3. The van der Waals surface area contributed by atoms with Crippen LogP contribution in [0.4, 0.5) is 19.0 Å². The van der Waals surface area contributed by atoms with Gasteiger partial charge in [-0.05, 0) is 12.1 Å². The van der Waals surface area contributed by atoms with E-state index in [1.54, 1.807) is 0 Å². The van der Waals surface area contributed by atoms with Crippen LogP contribution in [-0.4, -0.2) is 23.2 Å². The highest BCUT2D eigenvalue weighted by molar-refractivity contribution is 5.38. The summed E-state index contributed by atoms with van der Waals surface area (Å²) in [5.74, 6) is 0.105. The second-order valence-corrected chi connectivity index (χ2v) is 2.58. The minimum Gasteiger partial charge on any atom is -0.395 e. The Bertz CT molecular complexity index is 301. The number of rotatable bonds is 3. The molecule has 0 atom stereocenters. The number of aromatic nitrogens is 1. The number of aliphatic hydroxyl groups excluding tert-OH is 1. The lowest BCUT2D eigenvalue weighted by molar-refractivity contribution is -0.137. The van der Waals surface area contributed by atoms with Gasteiger partial charge in [0.2, 0.25) is 0 Å². The summed E-state index contributed by atoms with van der Waals surface area (Å²) in [6.45, 7) is 0.0201. The molecule has 0 fully saturated rings. The lowest BCUT2D eigenvalue weighted by Crippen LogP contribution is -2.10. The Labute approximate surface area is 78.6 Å². The van der Waals surface area contributed by atoms with E-state index in [1.807, 2.05) is 0 Å². The summed E-state index contributed by atoms with van der Waals surface area (Å²) < 4.78 is 36.6. The van der Waals surface area contributed by atoms with Gasteiger partial charge in [-0.3, -0.25) is 0 Å². The quantitative estimate of drug-likeness (QED) is 0.787. The van der Waals surface area contributed by atoms with Crippen LogP contribution < -0.4 is 5.32 Å². The molecule has 0 saturated heterocycles. The molecule has 1 aromatic rings. The van der Waals surface area contributed by atoms with Gasteiger partial charge in [0, 0.05) is 12.7 Å². The van der Waals surface area contributed by atoms with E-state index in [2.05, 4.69) is 10.3 Å². The molecule has 0 aliphatic heterocycles. The zero-order valence-corrected chi connectivity index (χ0v) is 7.17. The Morgan fingerprint density at radius 2 is 2.14 bits per heavy atom. The molecular formula is C8H9F3N2O. The second-order valence-electron chi connectivity index (χ2n) is 2.58. The molecule has 1 heterocycles. The van der Waals surface area contributed by atoms with E-state index in [1.165, 1.54) is 0 Å². The van der Waals surface area contributed by atoms with Crippen molar-refractivity contribution in [1.29, 1.82) is 0 Å². The van der Waals surface area contributed by atoms with Gasteiger partial charge in [0.15, 0.2) is 0 Å². The molecule has 78 valence electrons. The van der Waals surface area contributed by atoms with Crippen LogP contribution in [0.3, 0.4) is 0 Å². The summed E-state index contributed by atoms with van der Waals surface area (Å²) in [7, 11) is 0. The van der Waals surface area contributed by atoms with Crippen molar-refractivity contribution >= 4 is 5.82 Å². The Morgan fingerprint density at radius 3 is 2.71 bits per heavy atom. The van der Waals surface area contributed by atoms with E-state index < -0.39 is 11.7 Å². The molecule has 0 aromatic carbocycles. The summed E-state index contributed by atoms with van der Waals surface area (Å²) in [6, 6.07) is 1.79. The van der Waals surface area contributed by atoms with Crippen molar-refractivity contribution in [2.75, 3.05) is 18.5 Å². The second kappa shape index (κ2) is 4.28. The van der Waals surface area contributed by atoms with Gasteiger partial charge in [0.05, 0.1) is 12.2 Å². The molecule has 0 spiro atoms. The number of alkyl halides is 3. The van der Waals surface area contributed by atoms with E-state index in [0.29, 0.717) is 0 Å². The normalized spacial score (nSPS) is 11.4. The monoisotopic (exact) mass is 206 g/mol. The Hall–Kier alpha value is -1.30. The number of hydrogen-bond donors (Lipinski definition) is 2. The smallest absolute Gasteiger partial charge is 0.395 e. The van der Waals surface area contributed by atoms with Crippen LogP contribution >= 0.6 is 0 Å². The highest BCUT2D eigenvalue weighted by Gasteiger charge is 2.30. The molecule has 0 aliphatic rings. The van der Waals surface area contributed by atoms with Gasteiger partial charge in [-0.15, -0.1) is 0 Å². The SMILES string of the molecule is OCCNc1cc(C(F)(F)F)ccn1. The number of nitrogens with zero attached hydrogens (tertiary/aromatic N) is 1. The van der Waals surface area contributed by atoms with E-state index in [-0.39, 0.29) is 19.0 Å². The molecule has 3 nitrogen and oxygen atoms in total. The fourth-order valence-corrected chi connectivity index (χ4v) is 0.888. The van der Waals surface area contributed by atoms with Crippen LogP contribution in [0.5, 0.6) is 0 Å². The van der Waals surface area contributed by atoms with Crippen molar-refractivity contribution in [3.8, 4) is 0 Å². The number of aliphatic hydroxyl groups is 1. The van der Waals surface area contributed by atoms with Crippen molar-refractivity contribution in [2.24, 2.45) is 0 Å². The molecule has 0 aliphatic carbocycles. The van der Waals surface area contributed by atoms with Crippen molar-refractivity contribution in [2.45, 2.75) is 6.18 Å². The fraction of sp³-hybridized carbons (Fsp3) is 0.375. The summed E-state index contributed by atoms with van der Waals surface area (Å²) in [6.07, 6.45) is -3.29. The summed E-state index contributed by atoms with van der Waals surface area (Å²) in [4.78, 5) is 3.67. The summed E-state index contributed by atoms with van der Waals surface area (Å²) in [5, 5.41) is 11.0. The maximum atomic E-state index is 12.2. The zero-order chi connectivity index (χ0) is 10.6. The molecule has 6 heteroatoms. The van der Waals surface area contributed by atoms with Crippen molar-refractivity contribution in [3.63, 3.8) is 0 Å². The number of nitrogens with one attached hydrogen (secondary N) is 1. The first-order valence-corrected chi connectivity index (χ1v) is 3.92. The van der Waals surface area contributed by atoms with Crippen LogP contribution in [0.15, 0.2) is 18.3 Å². The number of anilines is 1. The first-order chi connectivity index (χ1) is 6.54. The van der Waals surface area contributed by atoms with Crippen molar-refractivity contribution < 1.29 is 18.3 Å². The Morgan fingerprint density at radius 1 is 1.43 bits per heavy atom. The van der Waals surface area contributed by atoms with E-state index in [9.17, 15) is 13.2 Å². The molecule has 0 radical (unpaired) electrons.